The van der Waals surface area contributed by atoms with Gasteiger partial charge in [-0.05, 0) is 31.0 Å². The molecular weight excluding hydrogens is 219 g/mol. The van der Waals surface area contributed by atoms with E-state index >= 15 is 0 Å². The van der Waals surface area contributed by atoms with Gasteiger partial charge in [0.2, 0.25) is 5.89 Å². The van der Waals surface area contributed by atoms with E-state index in [4.69, 9.17) is 4.42 Å². The Balaban J connectivity index is 1.74. The first kappa shape index (κ1) is 10.5. The Hall–Kier alpha value is -1.68. The molecule has 0 unspecified atom stereocenters. The summed E-state index contributed by atoms with van der Waals surface area (Å²) in [7, 11) is 0. The standard InChI is InChI=1S/C13H13FN2O/c14-10-3-1-2-9(6-10)13-16-12(8-17-13)7-15-11-4-5-11/h1-3,6,8,11,15H,4-5,7H2. The fourth-order valence-electron chi connectivity index (χ4n) is 1.68. The van der Waals surface area contributed by atoms with Crippen LogP contribution in [0.3, 0.4) is 0 Å². The molecule has 1 saturated carbocycles. The second-order valence-corrected chi connectivity index (χ2v) is 4.31. The molecule has 1 aliphatic rings. The van der Waals surface area contributed by atoms with Crippen LogP contribution in [-0.2, 0) is 6.54 Å². The van der Waals surface area contributed by atoms with E-state index in [1.165, 1.54) is 25.0 Å². The molecule has 2 aromatic rings. The number of nitrogens with zero attached hydrogens (tertiary/aromatic N) is 1. The monoisotopic (exact) mass is 232 g/mol. The molecule has 0 amide bonds. The average Bonchev–Trinajstić information content (AvgIpc) is 3.04. The average molecular weight is 232 g/mol. The maximum Gasteiger partial charge on any atom is 0.226 e. The van der Waals surface area contributed by atoms with Crippen molar-refractivity contribution in [1.82, 2.24) is 10.3 Å². The maximum atomic E-state index is 13.0. The van der Waals surface area contributed by atoms with Gasteiger partial charge in [-0.3, -0.25) is 0 Å². The summed E-state index contributed by atoms with van der Waals surface area (Å²) in [6.07, 6.45) is 4.11. The summed E-state index contributed by atoms with van der Waals surface area (Å²) in [5.74, 6) is 0.190. The minimum Gasteiger partial charge on any atom is -0.444 e. The normalized spacial score (nSPS) is 15.1. The van der Waals surface area contributed by atoms with Crippen molar-refractivity contribution in [2.24, 2.45) is 0 Å². The molecule has 0 saturated heterocycles. The number of aromatic nitrogens is 1. The van der Waals surface area contributed by atoms with Gasteiger partial charge >= 0.3 is 0 Å². The summed E-state index contributed by atoms with van der Waals surface area (Å²) in [6, 6.07) is 6.90. The van der Waals surface area contributed by atoms with E-state index in [1.54, 1.807) is 18.4 Å². The van der Waals surface area contributed by atoms with Crippen molar-refractivity contribution < 1.29 is 8.81 Å². The van der Waals surface area contributed by atoms with Gasteiger partial charge in [0, 0.05) is 18.2 Å². The first-order valence-electron chi connectivity index (χ1n) is 5.75. The van der Waals surface area contributed by atoms with Gasteiger partial charge in [-0.15, -0.1) is 0 Å². The van der Waals surface area contributed by atoms with Crippen molar-refractivity contribution in [2.75, 3.05) is 0 Å². The van der Waals surface area contributed by atoms with Crippen LogP contribution in [0.4, 0.5) is 4.39 Å². The number of nitrogens with one attached hydrogen (secondary N) is 1. The zero-order valence-electron chi connectivity index (χ0n) is 9.32. The van der Waals surface area contributed by atoms with Crippen molar-refractivity contribution in [3.8, 4) is 11.5 Å². The zero-order chi connectivity index (χ0) is 11.7. The van der Waals surface area contributed by atoms with Crippen LogP contribution < -0.4 is 5.32 Å². The fraction of sp³-hybridized carbons (Fsp3) is 0.308. The highest BCUT2D eigenvalue weighted by Crippen LogP contribution is 2.21. The summed E-state index contributed by atoms with van der Waals surface area (Å²) in [5, 5.41) is 3.35. The Morgan fingerprint density at radius 3 is 3.06 bits per heavy atom. The van der Waals surface area contributed by atoms with Crippen molar-refractivity contribution in [3.63, 3.8) is 0 Å². The lowest BCUT2D eigenvalue weighted by atomic mass is 10.2. The number of hydrogen-bond acceptors (Lipinski definition) is 3. The summed E-state index contributed by atoms with van der Waals surface area (Å²) in [5.41, 5.74) is 1.53. The van der Waals surface area contributed by atoms with Gasteiger partial charge in [-0.1, -0.05) is 6.07 Å². The molecule has 0 spiro atoms. The molecule has 0 bridgehead atoms. The third-order valence-corrected chi connectivity index (χ3v) is 2.77. The molecule has 3 nitrogen and oxygen atoms in total. The molecule has 1 N–H and O–H groups in total. The molecule has 17 heavy (non-hydrogen) atoms. The second kappa shape index (κ2) is 4.30. The molecule has 0 aliphatic heterocycles. The maximum absolute atomic E-state index is 13.0. The van der Waals surface area contributed by atoms with E-state index in [9.17, 15) is 4.39 Å². The fourth-order valence-corrected chi connectivity index (χ4v) is 1.68. The van der Waals surface area contributed by atoms with E-state index in [2.05, 4.69) is 10.3 Å². The smallest absolute Gasteiger partial charge is 0.226 e. The molecule has 3 rings (SSSR count). The van der Waals surface area contributed by atoms with Gasteiger partial charge in [0.05, 0.1) is 5.69 Å². The van der Waals surface area contributed by atoms with Gasteiger partial charge in [0.15, 0.2) is 0 Å². The van der Waals surface area contributed by atoms with Crippen molar-refractivity contribution in [3.05, 3.63) is 42.0 Å². The van der Waals surface area contributed by atoms with Gasteiger partial charge in [0.1, 0.15) is 12.1 Å². The predicted molar refractivity (Wildman–Crippen MR) is 61.8 cm³/mol. The van der Waals surface area contributed by atoms with E-state index < -0.39 is 0 Å². The van der Waals surface area contributed by atoms with Crippen LogP contribution >= 0.6 is 0 Å². The van der Waals surface area contributed by atoms with Crippen LogP contribution in [0.2, 0.25) is 0 Å². The van der Waals surface area contributed by atoms with Crippen LogP contribution in [0.5, 0.6) is 0 Å². The SMILES string of the molecule is Fc1cccc(-c2nc(CNC3CC3)co2)c1. The highest BCUT2D eigenvalue weighted by molar-refractivity contribution is 5.52. The lowest BCUT2D eigenvalue weighted by molar-refractivity contribution is 0.568. The number of oxazole rings is 1. The van der Waals surface area contributed by atoms with Crippen LogP contribution in [0.25, 0.3) is 11.5 Å². The van der Waals surface area contributed by atoms with Gasteiger partial charge in [-0.2, -0.15) is 0 Å². The summed E-state index contributed by atoms with van der Waals surface area (Å²) in [6.45, 7) is 0.712. The molecule has 1 aromatic heterocycles. The van der Waals surface area contributed by atoms with E-state index in [0.717, 1.165) is 5.69 Å². The van der Waals surface area contributed by atoms with Crippen LogP contribution in [0.1, 0.15) is 18.5 Å². The van der Waals surface area contributed by atoms with Gasteiger partial charge in [-0.25, -0.2) is 9.37 Å². The van der Waals surface area contributed by atoms with Gasteiger partial charge < -0.3 is 9.73 Å². The van der Waals surface area contributed by atoms with Crippen molar-refractivity contribution in [1.29, 1.82) is 0 Å². The Labute approximate surface area is 98.7 Å². The molecule has 0 atom stereocenters. The van der Waals surface area contributed by atoms with E-state index in [1.807, 2.05) is 0 Å². The number of hydrogen-bond donors (Lipinski definition) is 1. The lowest BCUT2D eigenvalue weighted by Crippen LogP contribution is -2.15. The van der Waals surface area contributed by atoms with Crippen molar-refractivity contribution in [2.45, 2.75) is 25.4 Å². The largest absolute Gasteiger partial charge is 0.444 e. The Morgan fingerprint density at radius 2 is 2.29 bits per heavy atom. The number of benzene rings is 1. The molecular formula is C13H13FN2O. The number of rotatable bonds is 4. The molecule has 1 heterocycles. The molecule has 1 fully saturated rings. The number of halogens is 1. The highest BCUT2D eigenvalue weighted by Gasteiger charge is 2.20. The molecule has 88 valence electrons. The van der Waals surface area contributed by atoms with E-state index in [0.29, 0.717) is 24.0 Å². The second-order valence-electron chi connectivity index (χ2n) is 4.31. The lowest BCUT2D eigenvalue weighted by Gasteiger charge is -1.96. The first-order chi connectivity index (χ1) is 8.31. The minimum atomic E-state index is -0.279. The van der Waals surface area contributed by atoms with Crippen LogP contribution in [0.15, 0.2) is 34.9 Å². The minimum absolute atomic E-state index is 0.279. The third kappa shape index (κ3) is 2.53. The summed E-state index contributed by atoms with van der Waals surface area (Å²) >= 11 is 0. The van der Waals surface area contributed by atoms with E-state index in [-0.39, 0.29) is 5.82 Å². The van der Waals surface area contributed by atoms with Crippen molar-refractivity contribution >= 4 is 0 Å². The topological polar surface area (TPSA) is 38.1 Å². The summed E-state index contributed by atoms with van der Waals surface area (Å²) < 4.78 is 18.4. The summed E-state index contributed by atoms with van der Waals surface area (Å²) in [4.78, 5) is 4.33. The molecule has 1 aliphatic carbocycles. The molecule has 4 heteroatoms. The Bertz CT molecular complexity index is 520. The third-order valence-electron chi connectivity index (χ3n) is 2.77. The quantitative estimate of drug-likeness (QED) is 0.880. The zero-order valence-corrected chi connectivity index (χ0v) is 9.32. The Morgan fingerprint density at radius 1 is 1.41 bits per heavy atom. The van der Waals surface area contributed by atoms with Crippen LogP contribution in [-0.4, -0.2) is 11.0 Å². The molecule has 1 aromatic carbocycles. The Kier molecular flexibility index (Phi) is 2.65. The van der Waals surface area contributed by atoms with Gasteiger partial charge in [0.25, 0.3) is 0 Å². The van der Waals surface area contributed by atoms with Crippen LogP contribution in [0, 0.1) is 5.82 Å². The highest BCUT2D eigenvalue weighted by atomic mass is 19.1. The molecule has 0 radical (unpaired) electrons. The first-order valence-corrected chi connectivity index (χ1v) is 5.75. The predicted octanol–water partition coefficient (Wildman–Crippen LogP) is 2.73.